The molecule has 66 heavy (non-hydrogen) atoms. The van der Waals surface area contributed by atoms with E-state index in [0.717, 1.165) is 0 Å². The summed E-state index contributed by atoms with van der Waals surface area (Å²) in [6.07, 6.45) is 5.00. The van der Waals surface area contributed by atoms with E-state index in [1.54, 1.807) is 0 Å². The molecule has 2 atom stereocenters. The fourth-order valence-corrected chi connectivity index (χ4v) is 13.5. The number of hydrogen-bond donors (Lipinski definition) is 0. The maximum Gasteiger partial charge on any atom is 0.0705 e. The van der Waals surface area contributed by atoms with Gasteiger partial charge in [-0.1, -0.05) is 172 Å². The van der Waals surface area contributed by atoms with Crippen LogP contribution in [0.2, 0.25) is 0 Å². The molecule has 10 aromatic rings. The second-order valence-electron chi connectivity index (χ2n) is 19.5. The molecule has 0 bridgehead atoms. The molecule has 2 heterocycles. The van der Waals surface area contributed by atoms with Crippen LogP contribution in [0, 0.1) is 0 Å². The first-order chi connectivity index (χ1) is 32.5. The molecule has 0 saturated heterocycles. The highest BCUT2D eigenvalue weighted by Gasteiger charge is 2.59. The van der Waals surface area contributed by atoms with Crippen molar-refractivity contribution in [1.82, 2.24) is 4.57 Å². The molecule has 4 aliphatic carbocycles. The van der Waals surface area contributed by atoms with Gasteiger partial charge in [-0.05, 0) is 139 Å². The van der Waals surface area contributed by atoms with Crippen LogP contribution in [-0.2, 0) is 10.8 Å². The number of rotatable bonds is 3. The van der Waals surface area contributed by atoms with E-state index >= 15 is 0 Å². The van der Waals surface area contributed by atoms with Crippen LogP contribution in [0.25, 0.3) is 66.4 Å². The van der Waals surface area contributed by atoms with E-state index in [1.165, 1.54) is 122 Å². The lowest BCUT2D eigenvalue weighted by atomic mass is 9.67. The lowest BCUT2D eigenvalue weighted by molar-refractivity contribution is 0.654. The Morgan fingerprint density at radius 2 is 0.985 bits per heavy atom. The molecule has 0 N–H and O–H groups in total. The van der Waals surface area contributed by atoms with Gasteiger partial charge >= 0.3 is 0 Å². The standard InChI is InChI=1S/C64H44N2/c1-63(2)52-25-13-9-23-45(52)48-37-51-50-36-40(29-33-58(50)65(60(51)38-57(48)63)41-17-5-3-6-18-41)39-30-34-59-49(35-39)46-31-32-56-61(62(46)66(59)42-19-7-4-8-20-42)47-24-12-16-28-55(47)64(56)53-26-14-10-21-43(53)44-22-11-15-27-54(44)64/h3-38,61-62H,1-2H3. The third kappa shape index (κ3) is 4.47. The molecule has 9 aromatic carbocycles. The SMILES string of the molecule is CC1(C)c2ccccc2-c2cc3c4cc(-c5ccc6c(c5)C5=CC=C7C(c8ccccc8C78c7ccccc7-c7ccccc78)C5N6c5ccccc5)ccc4n(-c4ccccc4)c3cc21. The minimum atomic E-state index is -0.356. The molecular formula is C64H44N2. The van der Waals surface area contributed by atoms with Crippen molar-refractivity contribution in [2.45, 2.75) is 36.6 Å². The second kappa shape index (κ2) is 12.9. The quantitative estimate of drug-likeness (QED) is 0.172. The molecule has 2 heteroatoms. The predicted molar refractivity (Wildman–Crippen MR) is 273 cm³/mol. The molecule has 2 nitrogen and oxygen atoms in total. The fourth-order valence-electron chi connectivity index (χ4n) is 13.5. The van der Waals surface area contributed by atoms with Crippen molar-refractivity contribution in [3.05, 3.63) is 263 Å². The molecule has 310 valence electrons. The lowest BCUT2D eigenvalue weighted by Gasteiger charge is -2.38. The molecule has 1 aromatic heterocycles. The van der Waals surface area contributed by atoms with E-state index in [0.29, 0.717) is 0 Å². The zero-order chi connectivity index (χ0) is 43.5. The second-order valence-corrected chi connectivity index (χ2v) is 19.5. The van der Waals surface area contributed by atoms with Crippen LogP contribution in [0.15, 0.2) is 224 Å². The summed E-state index contributed by atoms with van der Waals surface area (Å²) in [4.78, 5) is 2.65. The average molecular weight is 841 g/mol. The number of hydrogen-bond acceptors (Lipinski definition) is 1. The van der Waals surface area contributed by atoms with Gasteiger partial charge in [-0.3, -0.25) is 0 Å². The summed E-state index contributed by atoms with van der Waals surface area (Å²) in [7, 11) is 0. The van der Waals surface area contributed by atoms with Gasteiger partial charge in [-0.2, -0.15) is 0 Å². The van der Waals surface area contributed by atoms with E-state index in [9.17, 15) is 0 Å². The minimum Gasteiger partial charge on any atom is -0.332 e. The fraction of sp³-hybridized carbons (Fsp3) is 0.0938. The van der Waals surface area contributed by atoms with Crippen LogP contribution < -0.4 is 4.90 Å². The van der Waals surface area contributed by atoms with Gasteiger partial charge in [0, 0.05) is 44.7 Å². The smallest absolute Gasteiger partial charge is 0.0705 e. The Morgan fingerprint density at radius 1 is 0.409 bits per heavy atom. The zero-order valence-electron chi connectivity index (χ0n) is 36.8. The lowest BCUT2D eigenvalue weighted by Crippen LogP contribution is -2.37. The number of benzene rings is 9. The molecule has 0 saturated carbocycles. The van der Waals surface area contributed by atoms with Crippen molar-refractivity contribution in [1.29, 1.82) is 0 Å². The summed E-state index contributed by atoms with van der Waals surface area (Å²) in [5.74, 6) is 0.147. The first kappa shape index (κ1) is 36.4. The Bertz CT molecular complexity index is 3760. The summed E-state index contributed by atoms with van der Waals surface area (Å²) >= 11 is 0. The van der Waals surface area contributed by atoms with Gasteiger partial charge in [0.1, 0.15) is 0 Å². The molecule has 1 aliphatic heterocycles. The van der Waals surface area contributed by atoms with Crippen LogP contribution in [0.4, 0.5) is 11.4 Å². The summed E-state index contributed by atoms with van der Waals surface area (Å²) < 4.78 is 2.48. The first-order valence-corrected chi connectivity index (χ1v) is 23.5. The Hall–Kier alpha value is -7.94. The highest BCUT2D eigenvalue weighted by atomic mass is 15.2. The molecule has 2 unspecified atom stereocenters. The maximum absolute atomic E-state index is 2.65. The van der Waals surface area contributed by atoms with E-state index < -0.39 is 0 Å². The summed E-state index contributed by atoms with van der Waals surface area (Å²) in [6.45, 7) is 4.76. The van der Waals surface area contributed by atoms with Crippen molar-refractivity contribution in [2.24, 2.45) is 0 Å². The Kier molecular flexibility index (Phi) is 7.10. The number of anilines is 2. The molecule has 0 radical (unpaired) electrons. The van der Waals surface area contributed by atoms with Crippen LogP contribution in [-0.4, -0.2) is 10.6 Å². The van der Waals surface area contributed by atoms with Crippen molar-refractivity contribution < 1.29 is 0 Å². The van der Waals surface area contributed by atoms with Crippen LogP contribution >= 0.6 is 0 Å². The summed E-state index contributed by atoms with van der Waals surface area (Å²) in [5.41, 5.74) is 26.2. The van der Waals surface area contributed by atoms with Crippen molar-refractivity contribution in [2.75, 3.05) is 4.90 Å². The zero-order valence-corrected chi connectivity index (χ0v) is 36.8. The number of allylic oxidation sites excluding steroid dienone is 2. The topological polar surface area (TPSA) is 8.17 Å². The van der Waals surface area contributed by atoms with E-state index in [2.05, 4.69) is 242 Å². The summed E-state index contributed by atoms with van der Waals surface area (Å²) in [5, 5.41) is 2.56. The normalized spacial score (nSPS) is 18.2. The van der Waals surface area contributed by atoms with Crippen LogP contribution in [0.3, 0.4) is 0 Å². The van der Waals surface area contributed by atoms with Crippen LogP contribution in [0.5, 0.6) is 0 Å². The number of fused-ring (bicyclic) bond motifs is 20. The third-order valence-electron chi connectivity index (χ3n) is 16.2. The Balaban J connectivity index is 0.941. The van der Waals surface area contributed by atoms with Crippen LogP contribution in [0.1, 0.15) is 58.7 Å². The molecule has 15 rings (SSSR count). The van der Waals surface area contributed by atoms with Gasteiger partial charge in [0.05, 0.1) is 22.5 Å². The Labute approximate surface area is 385 Å². The highest BCUT2D eigenvalue weighted by Crippen LogP contribution is 2.68. The van der Waals surface area contributed by atoms with E-state index in [-0.39, 0.29) is 22.8 Å². The summed E-state index contributed by atoms with van der Waals surface area (Å²) in [6, 6.07) is 78.1. The molecule has 0 fully saturated rings. The highest BCUT2D eigenvalue weighted by molar-refractivity contribution is 6.13. The molecular weight excluding hydrogens is 797 g/mol. The van der Waals surface area contributed by atoms with Gasteiger partial charge in [0.25, 0.3) is 0 Å². The van der Waals surface area contributed by atoms with Gasteiger partial charge in [0.15, 0.2) is 0 Å². The maximum atomic E-state index is 2.65. The van der Waals surface area contributed by atoms with Crippen molar-refractivity contribution in [3.8, 4) is 39.1 Å². The number of aromatic nitrogens is 1. The first-order valence-electron chi connectivity index (χ1n) is 23.5. The Morgan fingerprint density at radius 3 is 1.71 bits per heavy atom. The van der Waals surface area contributed by atoms with Gasteiger partial charge in [0.2, 0.25) is 0 Å². The van der Waals surface area contributed by atoms with E-state index in [1.807, 2.05) is 0 Å². The monoisotopic (exact) mass is 840 g/mol. The minimum absolute atomic E-state index is 0.0821. The predicted octanol–water partition coefficient (Wildman–Crippen LogP) is 15.7. The molecule has 0 amide bonds. The molecule has 1 spiro atoms. The average Bonchev–Trinajstić information content (AvgIpc) is 4.12. The van der Waals surface area contributed by atoms with E-state index in [4.69, 9.17) is 0 Å². The third-order valence-corrected chi connectivity index (χ3v) is 16.2. The number of para-hydroxylation sites is 2. The largest absolute Gasteiger partial charge is 0.332 e. The van der Waals surface area contributed by atoms with Crippen molar-refractivity contribution >= 4 is 38.8 Å². The van der Waals surface area contributed by atoms with Gasteiger partial charge < -0.3 is 9.47 Å². The van der Waals surface area contributed by atoms with Crippen molar-refractivity contribution in [3.63, 3.8) is 0 Å². The van der Waals surface area contributed by atoms with Gasteiger partial charge in [-0.25, -0.2) is 0 Å². The molecule has 5 aliphatic rings. The van der Waals surface area contributed by atoms with Gasteiger partial charge in [-0.15, -0.1) is 0 Å². The number of nitrogens with zero attached hydrogens (tertiary/aromatic N) is 2.